The Morgan fingerprint density at radius 1 is 1.09 bits per heavy atom. The molecule has 1 aliphatic heterocycles. The Kier molecular flexibility index (Phi) is 6.41. The van der Waals surface area contributed by atoms with Gasteiger partial charge in [0.2, 0.25) is 0 Å². The molecule has 0 radical (unpaired) electrons. The Morgan fingerprint density at radius 2 is 1.65 bits per heavy atom. The molecule has 7 nitrogen and oxygen atoms in total. The molecule has 0 aromatic rings. The predicted molar refractivity (Wildman–Crippen MR) is 84.0 cm³/mol. The minimum absolute atomic E-state index is 0.148. The summed E-state index contributed by atoms with van der Waals surface area (Å²) >= 11 is 0. The molecule has 0 aromatic carbocycles. The summed E-state index contributed by atoms with van der Waals surface area (Å²) in [6.45, 7) is 10.9. The maximum Gasteiger partial charge on any atom is 0.410 e. The van der Waals surface area contributed by atoms with Gasteiger partial charge in [0.1, 0.15) is 17.8 Å². The summed E-state index contributed by atoms with van der Waals surface area (Å²) in [5.41, 5.74) is -1.17. The molecule has 0 aromatic heterocycles. The second kappa shape index (κ2) is 7.49. The van der Waals surface area contributed by atoms with Gasteiger partial charge in [-0.05, 0) is 48.0 Å². The number of hydrogen-bond acceptors (Lipinski definition) is 6. The van der Waals surface area contributed by atoms with Crippen LogP contribution in [0.3, 0.4) is 0 Å². The monoisotopic (exact) mass is 331 g/mol. The zero-order valence-electron chi connectivity index (χ0n) is 14.9. The van der Waals surface area contributed by atoms with Gasteiger partial charge in [-0.25, -0.2) is 9.59 Å². The first-order valence-corrected chi connectivity index (χ1v) is 7.84. The lowest BCUT2D eigenvalue weighted by molar-refractivity contribution is -0.160. The van der Waals surface area contributed by atoms with E-state index in [1.807, 2.05) is 0 Å². The lowest BCUT2D eigenvalue weighted by Gasteiger charge is -2.28. The Hall–Kier alpha value is -1.34. The fraction of sp³-hybridized carbons (Fsp3) is 0.875. The van der Waals surface area contributed by atoms with Gasteiger partial charge in [0.05, 0.1) is 25.3 Å². The Balaban J connectivity index is 2.47. The van der Waals surface area contributed by atoms with E-state index in [-0.39, 0.29) is 25.8 Å². The third kappa shape index (κ3) is 7.65. The summed E-state index contributed by atoms with van der Waals surface area (Å²) < 4.78 is 15.8. The van der Waals surface area contributed by atoms with Crippen molar-refractivity contribution in [2.45, 2.75) is 71.3 Å². The van der Waals surface area contributed by atoms with Gasteiger partial charge in [0.25, 0.3) is 0 Å². The van der Waals surface area contributed by atoms with Crippen molar-refractivity contribution >= 4 is 12.1 Å². The fourth-order valence-corrected chi connectivity index (χ4v) is 2.24. The second-order valence-corrected chi connectivity index (χ2v) is 7.78. The van der Waals surface area contributed by atoms with Crippen LogP contribution in [0.1, 0.15) is 48.0 Å². The molecule has 1 aliphatic rings. The number of ether oxygens (including phenoxy) is 3. The first-order chi connectivity index (χ1) is 10.4. The number of rotatable bonds is 4. The van der Waals surface area contributed by atoms with Gasteiger partial charge < -0.3 is 24.2 Å². The number of hydrogen-bond donors (Lipinski definition) is 1. The Morgan fingerprint density at radius 3 is 2.17 bits per heavy atom. The summed E-state index contributed by atoms with van der Waals surface area (Å²) in [5.74, 6) is -0.458. The highest BCUT2D eigenvalue weighted by molar-refractivity contribution is 5.71. The van der Waals surface area contributed by atoms with Crippen molar-refractivity contribution in [1.82, 2.24) is 4.90 Å². The predicted octanol–water partition coefficient (Wildman–Crippen LogP) is 1.71. The highest BCUT2D eigenvalue weighted by atomic mass is 16.6. The lowest BCUT2D eigenvalue weighted by atomic mass is 10.2. The molecular formula is C16H29NO6. The van der Waals surface area contributed by atoms with E-state index in [2.05, 4.69) is 0 Å². The molecule has 1 saturated heterocycles. The van der Waals surface area contributed by atoms with Crippen molar-refractivity contribution in [1.29, 1.82) is 0 Å². The van der Waals surface area contributed by atoms with Crippen LogP contribution in [0.2, 0.25) is 0 Å². The van der Waals surface area contributed by atoms with Crippen LogP contribution in [0.4, 0.5) is 4.79 Å². The molecule has 0 unspecified atom stereocenters. The van der Waals surface area contributed by atoms with E-state index in [1.165, 1.54) is 4.90 Å². The van der Waals surface area contributed by atoms with Crippen LogP contribution in [0.15, 0.2) is 0 Å². The summed E-state index contributed by atoms with van der Waals surface area (Å²) in [6, 6.07) is -0.317. The maximum atomic E-state index is 12.1. The van der Waals surface area contributed by atoms with Crippen LogP contribution in [0.25, 0.3) is 0 Å². The minimum atomic E-state index is -0.613. The van der Waals surface area contributed by atoms with Gasteiger partial charge >= 0.3 is 12.1 Å². The Labute approximate surface area is 137 Å². The van der Waals surface area contributed by atoms with Crippen LogP contribution in [-0.2, 0) is 19.0 Å². The standard InChI is InChI=1S/C16H29NO6/c1-15(2,3)22-13(19)10-21-9-11-7-12(18)8-17(11)14(20)23-16(4,5)6/h11-12,18H,7-10H2,1-6H3/t11-,12-/m0/s1. The summed E-state index contributed by atoms with van der Waals surface area (Å²) in [5, 5.41) is 9.78. The maximum absolute atomic E-state index is 12.1. The number of nitrogens with zero attached hydrogens (tertiary/aromatic N) is 1. The van der Waals surface area contributed by atoms with Crippen LogP contribution in [-0.4, -0.2) is 65.2 Å². The van der Waals surface area contributed by atoms with E-state index in [4.69, 9.17) is 14.2 Å². The van der Waals surface area contributed by atoms with Gasteiger partial charge in [0.15, 0.2) is 0 Å². The van der Waals surface area contributed by atoms with Crippen molar-refractivity contribution in [2.75, 3.05) is 19.8 Å². The van der Waals surface area contributed by atoms with E-state index in [1.54, 1.807) is 41.5 Å². The quantitative estimate of drug-likeness (QED) is 0.790. The van der Waals surface area contributed by atoms with Gasteiger partial charge in [-0.15, -0.1) is 0 Å². The van der Waals surface area contributed by atoms with Crippen LogP contribution in [0, 0.1) is 0 Å². The van der Waals surface area contributed by atoms with Crippen molar-refractivity contribution in [3.63, 3.8) is 0 Å². The van der Waals surface area contributed by atoms with Crippen molar-refractivity contribution < 1.29 is 28.9 Å². The van der Waals surface area contributed by atoms with E-state index in [9.17, 15) is 14.7 Å². The van der Waals surface area contributed by atoms with Crippen LogP contribution in [0.5, 0.6) is 0 Å². The summed E-state index contributed by atoms with van der Waals surface area (Å²) in [7, 11) is 0. The number of carbonyl (C=O) groups is 2. The van der Waals surface area contributed by atoms with E-state index >= 15 is 0 Å². The number of carbonyl (C=O) groups excluding carboxylic acids is 2. The van der Waals surface area contributed by atoms with Gasteiger partial charge in [-0.3, -0.25) is 0 Å². The average Bonchev–Trinajstić information content (AvgIpc) is 2.66. The van der Waals surface area contributed by atoms with Gasteiger partial charge in [-0.2, -0.15) is 0 Å². The SMILES string of the molecule is CC(C)(C)OC(=O)COC[C@@H]1C[C@H](O)CN1C(=O)OC(C)(C)C. The van der Waals surface area contributed by atoms with Crippen LogP contribution >= 0.6 is 0 Å². The summed E-state index contributed by atoms with van der Waals surface area (Å²) in [6.07, 6.45) is -0.703. The number of aliphatic hydroxyl groups is 1. The average molecular weight is 331 g/mol. The number of amides is 1. The fourth-order valence-electron chi connectivity index (χ4n) is 2.24. The molecule has 0 bridgehead atoms. The van der Waals surface area contributed by atoms with Gasteiger partial charge in [-0.1, -0.05) is 0 Å². The summed E-state index contributed by atoms with van der Waals surface area (Å²) in [4.78, 5) is 25.2. The molecule has 2 atom stereocenters. The molecule has 7 heteroatoms. The molecule has 134 valence electrons. The molecule has 0 aliphatic carbocycles. The lowest BCUT2D eigenvalue weighted by Crippen LogP contribution is -2.42. The molecule has 23 heavy (non-hydrogen) atoms. The third-order valence-electron chi connectivity index (χ3n) is 2.97. The first-order valence-electron chi connectivity index (χ1n) is 7.84. The highest BCUT2D eigenvalue weighted by Crippen LogP contribution is 2.21. The normalized spacial score (nSPS) is 22.1. The van der Waals surface area contributed by atoms with E-state index in [0.717, 1.165) is 0 Å². The van der Waals surface area contributed by atoms with Crippen molar-refractivity contribution in [2.24, 2.45) is 0 Å². The first kappa shape index (κ1) is 19.7. The van der Waals surface area contributed by atoms with Crippen molar-refractivity contribution in [3.05, 3.63) is 0 Å². The van der Waals surface area contributed by atoms with E-state index < -0.39 is 29.4 Å². The number of likely N-dealkylation sites (tertiary alicyclic amines) is 1. The van der Waals surface area contributed by atoms with Gasteiger partial charge in [0, 0.05) is 0 Å². The molecule has 0 saturated carbocycles. The Bertz CT molecular complexity index is 423. The molecule has 1 N–H and O–H groups in total. The minimum Gasteiger partial charge on any atom is -0.458 e. The topological polar surface area (TPSA) is 85.3 Å². The molecular weight excluding hydrogens is 302 g/mol. The molecule has 0 spiro atoms. The van der Waals surface area contributed by atoms with Crippen molar-refractivity contribution in [3.8, 4) is 0 Å². The molecule has 1 fully saturated rings. The molecule has 1 rings (SSSR count). The number of esters is 1. The number of aliphatic hydroxyl groups excluding tert-OH is 1. The zero-order chi connectivity index (χ0) is 17.8. The van der Waals surface area contributed by atoms with Crippen LogP contribution < -0.4 is 0 Å². The molecule has 1 amide bonds. The number of β-amino-alcohol motifs (C(OH)–C–C–N with tert-alkyl or cyclic N) is 1. The second-order valence-electron chi connectivity index (χ2n) is 7.78. The highest BCUT2D eigenvalue weighted by Gasteiger charge is 2.37. The smallest absolute Gasteiger partial charge is 0.410 e. The van der Waals surface area contributed by atoms with E-state index in [0.29, 0.717) is 6.42 Å². The largest absolute Gasteiger partial charge is 0.458 e. The zero-order valence-corrected chi connectivity index (χ0v) is 14.9. The molecule has 1 heterocycles. The third-order valence-corrected chi connectivity index (χ3v) is 2.97.